The molecule has 1 aromatic carbocycles. The lowest BCUT2D eigenvalue weighted by Gasteiger charge is -2.30. The molecule has 0 aromatic heterocycles. The number of amides is 2. The Labute approximate surface area is 148 Å². The van der Waals surface area contributed by atoms with E-state index in [1.165, 1.54) is 0 Å². The quantitative estimate of drug-likeness (QED) is 0.656. The van der Waals surface area contributed by atoms with Gasteiger partial charge in [-0.15, -0.1) is 0 Å². The molecular formula is C18H28N4O3. The number of hydrogen-bond donors (Lipinski definition) is 3. The SMILES string of the molecule is CC(C)[C@H](N)C(=O)NCC(=O)NCc1ccccc1N1CCOCC1. The Kier molecular flexibility index (Phi) is 7.21. The summed E-state index contributed by atoms with van der Waals surface area (Å²) in [5, 5.41) is 5.42. The maximum absolute atomic E-state index is 12.0. The van der Waals surface area contributed by atoms with Crippen molar-refractivity contribution in [2.45, 2.75) is 26.4 Å². The summed E-state index contributed by atoms with van der Waals surface area (Å²) >= 11 is 0. The van der Waals surface area contributed by atoms with Crippen LogP contribution in [0.15, 0.2) is 24.3 Å². The smallest absolute Gasteiger partial charge is 0.239 e. The van der Waals surface area contributed by atoms with Crippen LogP contribution >= 0.6 is 0 Å². The third-order valence-electron chi connectivity index (χ3n) is 4.26. The van der Waals surface area contributed by atoms with Gasteiger partial charge in [0.2, 0.25) is 11.8 Å². The third kappa shape index (κ3) is 5.72. The van der Waals surface area contributed by atoms with Crippen molar-refractivity contribution in [1.82, 2.24) is 10.6 Å². The maximum atomic E-state index is 12.0. The number of morpholine rings is 1. The number of benzene rings is 1. The molecule has 1 aliphatic rings. The van der Waals surface area contributed by atoms with Gasteiger partial charge in [0.15, 0.2) is 0 Å². The number of rotatable bonds is 7. The molecule has 0 unspecified atom stereocenters. The Balaban J connectivity index is 1.84. The molecule has 4 N–H and O–H groups in total. The third-order valence-corrected chi connectivity index (χ3v) is 4.26. The van der Waals surface area contributed by atoms with Gasteiger partial charge < -0.3 is 26.0 Å². The fraction of sp³-hybridized carbons (Fsp3) is 0.556. The molecule has 0 aliphatic carbocycles. The fourth-order valence-electron chi connectivity index (χ4n) is 2.62. The van der Waals surface area contributed by atoms with Crippen LogP contribution in [-0.4, -0.2) is 50.7 Å². The van der Waals surface area contributed by atoms with E-state index in [4.69, 9.17) is 10.5 Å². The summed E-state index contributed by atoms with van der Waals surface area (Å²) in [5.41, 5.74) is 7.91. The molecule has 0 saturated carbocycles. The first-order chi connectivity index (χ1) is 12.0. The maximum Gasteiger partial charge on any atom is 0.239 e. The van der Waals surface area contributed by atoms with Crippen molar-refractivity contribution in [3.05, 3.63) is 29.8 Å². The van der Waals surface area contributed by atoms with Crippen LogP contribution in [0.1, 0.15) is 19.4 Å². The zero-order valence-electron chi connectivity index (χ0n) is 15.0. The number of anilines is 1. The fourth-order valence-corrected chi connectivity index (χ4v) is 2.62. The molecule has 1 heterocycles. The predicted molar refractivity (Wildman–Crippen MR) is 97.1 cm³/mol. The summed E-state index contributed by atoms with van der Waals surface area (Å²) in [5.74, 6) is -0.511. The van der Waals surface area contributed by atoms with Gasteiger partial charge in [0, 0.05) is 25.3 Å². The second-order valence-electron chi connectivity index (χ2n) is 6.49. The molecule has 1 fully saturated rings. The van der Waals surface area contributed by atoms with Crippen LogP contribution < -0.4 is 21.3 Å². The van der Waals surface area contributed by atoms with Crippen LogP contribution in [-0.2, 0) is 20.9 Å². The standard InChI is InChI=1S/C18H28N4O3/c1-13(2)17(19)18(24)21-12-16(23)20-11-14-5-3-4-6-15(14)22-7-9-25-10-8-22/h3-6,13,17H,7-12,19H2,1-2H3,(H,20,23)(H,21,24)/t17-/m0/s1. The van der Waals surface area contributed by atoms with Crippen LogP contribution in [0.4, 0.5) is 5.69 Å². The summed E-state index contributed by atoms with van der Waals surface area (Å²) in [6.45, 7) is 7.19. The average molecular weight is 348 g/mol. The Bertz CT molecular complexity index is 585. The van der Waals surface area contributed by atoms with E-state index in [2.05, 4.69) is 21.6 Å². The molecule has 7 heteroatoms. The highest BCUT2D eigenvalue weighted by molar-refractivity contribution is 5.87. The second-order valence-corrected chi connectivity index (χ2v) is 6.49. The lowest BCUT2D eigenvalue weighted by molar-refractivity contribution is -0.127. The van der Waals surface area contributed by atoms with Crippen LogP contribution in [0, 0.1) is 5.92 Å². The molecule has 7 nitrogen and oxygen atoms in total. The van der Waals surface area contributed by atoms with Gasteiger partial charge in [-0.05, 0) is 17.5 Å². The number of nitrogens with zero attached hydrogens (tertiary/aromatic N) is 1. The lowest BCUT2D eigenvalue weighted by atomic mass is 10.1. The lowest BCUT2D eigenvalue weighted by Crippen LogP contribution is -2.47. The van der Waals surface area contributed by atoms with Crippen molar-refractivity contribution < 1.29 is 14.3 Å². The van der Waals surface area contributed by atoms with E-state index in [-0.39, 0.29) is 24.3 Å². The zero-order chi connectivity index (χ0) is 18.2. The van der Waals surface area contributed by atoms with Crippen molar-refractivity contribution in [3.8, 4) is 0 Å². The van der Waals surface area contributed by atoms with E-state index in [0.29, 0.717) is 19.8 Å². The van der Waals surface area contributed by atoms with Gasteiger partial charge >= 0.3 is 0 Å². The van der Waals surface area contributed by atoms with Gasteiger partial charge in [0.1, 0.15) is 0 Å². The highest BCUT2D eigenvalue weighted by Gasteiger charge is 2.18. The molecule has 2 amide bonds. The molecule has 0 spiro atoms. The Hall–Kier alpha value is -2.12. The van der Waals surface area contributed by atoms with E-state index in [1.54, 1.807) is 0 Å². The molecule has 2 rings (SSSR count). The largest absolute Gasteiger partial charge is 0.378 e. The average Bonchev–Trinajstić information content (AvgIpc) is 2.64. The van der Waals surface area contributed by atoms with E-state index in [1.807, 2.05) is 32.0 Å². The number of carbonyl (C=O) groups excluding carboxylic acids is 2. The minimum absolute atomic E-state index is 0.0310. The highest BCUT2D eigenvalue weighted by atomic mass is 16.5. The molecule has 1 aliphatic heterocycles. The topological polar surface area (TPSA) is 96.7 Å². The first-order valence-corrected chi connectivity index (χ1v) is 8.69. The van der Waals surface area contributed by atoms with Gasteiger partial charge in [0.05, 0.1) is 25.8 Å². The van der Waals surface area contributed by atoms with E-state index in [0.717, 1.165) is 24.3 Å². The molecule has 1 aromatic rings. The van der Waals surface area contributed by atoms with Crippen molar-refractivity contribution in [2.75, 3.05) is 37.7 Å². The normalized spacial score (nSPS) is 15.8. The van der Waals surface area contributed by atoms with Crippen LogP contribution in [0.3, 0.4) is 0 Å². The number of para-hydroxylation sites is 1. The minimum Gasteiger partial charge on any atom is -0.378 e. The highest BCUT2D eigenvalue weighted by Crippen LogP contribution is 2.21. The summed E-state index contributed by atoms with van der Waals surface area (Å²) in [6.07, 6.45) is 0. The summed E-state index contributed by atoms with van der Waals surface area (Å²) < 4.78 is 5.39. The zero-order valence-corrected chi connectivity index (χ0v) is 15.0. The van der Waals surface area contributed by atoms with Gasteiger partial charge in [-0.1, -0.05) is 32.0 Å². The van der Waals surface area contributed by atoms with Crippen molar-refractivity contribution in [1.29, 1.82) is 0 Å². The van der Waals surface area contributed by atoms with Crippen molar-refractivity contribution in [3.63, 3.8) is 0 Å². The van der Waals surface area contributed by atoms with Crippen molar-refractivity contribution >= 4 is 17.5 Å². The molecule has 138 valence electrons. The van der Waals surface area contributed by atoms with Crippen LogP contribution in [0.2, 0.25) is 0 Å². The Morgan fingerprint density at radius 3 is 2.56 bits per heavy atom. The first kappa shape index (κ1) is 19.2. The van der Waals surface area contributed by atoms with Gasteiger partial charge in [0.25, 0.3) is 0 Å². The summed E-state index contributed by atoms with van der Waals surface area (Å²) in [6, 6.07) is 7.39. The summed E-state index contributed by atoms with van der Waals surface area (Å²) in [7, 11) is 0. The molecule has 25 heavy (non-hydrogen) atoms. The minimum atomic E-state index is -0.602. The molecule has 1 atom stereocenters. The van der Waals surface area contributed by atoms with Crippen LogP contribution in [0.25, 0.3) is 0 Å². The van der Waals surface area contributed by atoms with Crippen LogP contribution in [0.5, 0.6) is 0 Å². The number of carbonyl (C=O) groups is 2. The molecular weight excluding hydrogens is 320 g/mol. The van der Waals surface area contributed by atoms with Crippen molar-refractivity contribution in [2.24, 2.45) is 11.7 Å². The van der Waals surface area contributed by atoms with Gasteiger partial charge in [-0.2, -0.15) is 0 Å². The first-order valence-electron chi connectivity index (χ1n) is 8.69. The molecule has 1 saturated heterocycles. The number of nitrogens with two attached hydrogens (primary N) is 1. The Morgan fingerprint density at radius 1 is 1.20 bits per heavy atom. The predicted octanol–water partition coefficient (Wildman–Crippen LogP) is 0.239. The summed E-state index contributed by atoms with van der Waals surface area (Å²) in [4.78, 5) is 26.0. The Morgan fingerprint density at radius 2 is 1.88 bits per heavy atom. The molecule has 0 radical (unpaired) electrons. The molecule has 0 bridgehead atoms. The number of nitrogens with one attached hydrogen (secondary N) is 2. The number of ether oxygens (including phenoxy) is 1. The number of hydrogen-bond acceptors (Lipinski definition) is 5. The van der Waals surface area contributed by atoms with Gasteiger partial charge in [-0.3, -0.25) is 9.59 Å². The van der Waals surface area contributed by atoms with E-state index >= 15 is 0 Å². The van der Waals surface area contributed by atoms with E-state index < -0.39 is 6.04 Å². The monoisotopic (exact) mass is 348 g/mol. The van der Waals surface area contributed by atoms with E-state index in [9.17, 15) is 9.59 Å². The van der Waals surface area contributed by atoms with Gasteiger partial charge in [-0.25, -0.2) is 0 Å². The second kappa shape index (κ2) is 9.39.